The predicted octanol–water partition coefficient (Wildman–Crippen LogP) is 3.31. The number of rotatable bonds is 31. The summed E-state index contributed by atoms with van der Waals surface area (Å²) in [7, 11) is 12.7. The number of nitrogens with zero attached hydrogens (tertiary/aromatic N) is 5. The number of thioether (sulfide) groups is 4. The van der Waals surface area contributed by atoms with Crippen LogP contribution in [-0.4, -0.2) is 243 Å². The van der Waals surface area contributed by atoms with Crippen molar-refractivity contribution in [3.05, 3.63) is 12.2 Å². The van der Waals surface area contributed by atoms with Gasteiger partial charge in [-0.05, 0) is 211 Å². The Bertz CT molecular complexity index is 3490. The maximum atomic E-state index is 12.5. The number of carboxylic acid groups (broad SMARTS) is 1. The van der Waals surface area contributed by atoms with Crippen molar-refractivity contribution in [2.45, 2.75) is 208 Å². The van der Waals surface area contributed by atoms with Gasteiger partial charge < -0.3 is 51.4 Å². The fourth-order valence-corrected chi connectivity index (χ4v) is 21.5. The zero-order chi connectivity index (χ0) is 85.3. The first-order valence-corrected chi connectivity index (χ1v) is 46.8. The first-order chi connectivity index (χ1) is 55.4. The van der Waals surface area contributed by atoms with Crippen molar-refractivity contribution in [1.29, 1.82) is 0 Å². The lowest BCUT2D eigenvalue weighted by Gasteiger charge is -2.29. The largest absolute Gasteiger partial charge is 0.481 e. The van der Waals surface area contributed by atoms with Crippen molar-refractivity contribution in [3.8, 4) is 0 Å². The van der Waals surface area contributed by atoms with Crippen LogP contribution in [0.5, 0.6) is 0 Å². The Labute approximate surface area is 706 Å². The number of hydrogen-bond donors (Lipinski definition) is 10. The van der Waals surface area contributed by atoms with E-state index >= 15 is 0 Å². The highest BCUT2D eigenvalue weighted by Gasteiger charge is 2.45. The Morgan fingerprint density at radius 1 is 0.397 bits per heavy atom. The second-order valence-corrected chi connectivity index (χ2v) is 37.4. The number of imide groups is 5. The van der Waals surface area contributed by atoms with Crippen LogP contribution in [0.2, 0.25) is 0 Å². The molecule has 42 heteroatoms. The molecule has 5 aliphatic heterocycles. The lowest BCUT2D eigenvalue weighted by Crippen LogP contribution is -2.38. The first-order valence-electron chi connectivity index (χ1n) is 39.7. The van der Waals surface area contributed by atoms with Gasteiger partial charge in [-0.15, -0.1) is 47.0 Å². The van der Waals surface area contributed by atoms with Crippen molar-refractivity contribution in [1.82, 2.24) is 60.6 Å². The minimum absolute atomic E-state index is 0.00950. The van der Waals surface area contributed by atoms with Crippen LogP contribution < -0.4 is 36.1 Å². The maximum absolute atomic E-state index is 12.5. The van der Waals surface area contributed by atoms with Crippen molar-refractivity contribution in [2.75, 3.05) is 69.4 Å². The molecular weight excluding hydrogens is 1680 g/mol. The van der Waals surface area contributed by atoms with Gasteiger partial charge in [-0.1, -0.05) is 0 Å². The van der Waals surface area contributed by atoms with E-state index in [1.807, 2.05) is 0 Å². The Morgan fingerprint density at radius 3 is 0.888 bits per heavy atom. The molecule has 0 bridgehead atoms. The summed E-state index contributed by atoms with van der Waals surface area (Å²) < 4.78 is 0. The van der Waals surface area contributed by atoms with Gasteiger partial charge >= 0.3 is 5.97 Å². The van der Waals surface area contributed by atoms with Gasteiger partial charge in [0.15, 0.2) is 0 Å². The van der Waals surface area contributed by atoms with Crippen LogP contribution in [0.15, 0.2) is 12.2 Å². The van der Waals surface area contributed by atoms with Crippen LogP contribution in [-0.2, 0) is 86.3 Å². The molecule has 648 valence electrons. The van der Waals surface area contributed by atoms with Crippen LogP contribution >= 0.6 is 94.0 Å². The zero-order valence-electron chi connectivity index (χ0n) is 65.9. The molecule has 4 saturated heterocycles. The lowest BCUT2D eigenvalue weighted by molar-refractivity contribution is -0.140. The molecule has 116 heavy (non-hydrogen) atoms. The molecule has 9 fully saturated rings. The van der Waals surface area contributed by atoms with Gasteiger partial charge in [-0.3, -0.25) is 111 Å². The van der Waals surface area contributed by atoms with Gasteiger partial charge in [0, 0.05) is 144 Å². The fourth-order valence-electron chi connectivity index (χ4n) is 16.0. The Hall–Kier alpha value is -5.33. The molecule has 17 amide bonds. The van der Waals surface area contributed by atoms with E-state index in [4.69, 9.17) is 10.2 Å². The second kappa shape index (κ2) is 51.4. The highest BCUT2D eigenvalue weighted by Crippen LogP contribution is 2.39. The van der Waals surface area contributed by atoms with E-state index in [0.29, 0.717) is 80.4 Å². The molecule has 10 aliphatic rings. The highest BCUT2D eigenvalue weighted by atomic mass is 32.2. The zero-order valence-corrected chi connectivity index (χ0v) is 75.0. The van der Waals surface area contributed by atoms with E-state index in [0.717, 1.165) is 128 Å². The summed E-state index contributed by atoms with van der Waals surface area (Å²) in [6, 6.07) is 0. The molecule has 10 rings (SSSR count). The topological polar surface area (TPSA) is 468 Å². The number of carbonyl (C=O) groups is 18. The Kier molecular flexibility index (Phi) is 44.1. The Morgan fingerprint density at radius 2 is 0.647 bits per heavy atom. The van der Waals surface area contributed by atoms with Crippen molar-refractivity contribution in [3.63, 3.8) is 0 Å². The van der Waals surface area contributed by atoms with Crippen LogP contribution in [0.25, 0.3) is 0 Å². The molecule has 0 aromatic heterocycles. The number of hydrogen-bond acceptors (Lipinski definition) is 24. The van der Waals surface area contributed by atoms with Gasteiger partial charge in [0.2, 0.25) is 88.6 Å². The third-order valence-electron chi connectivity index (χ3n) is 22.8. The van der Waals surface area contributed by atoms with Gasteiger partial charge in [-0.25, -0.2) is 0 Å². The minimum atomic E-state index is -0.938. The smallest absolute Gasteiger partial charge is 0.304 e. The summed E-state index contributed by atoms with van der Waals surface area (Å²) in [6.07, 6.45) is 19.7. The Balaban J connectivity index is 0.000000227. The number of aliphatic hydroxyl groups is 2. The van der Waals surface area contributed by atoms with E-state index < -0.39 is 22.7 Å². The maximum Gasteiger partial charge on any atom is 0.304 e. The van der Waals surface area contributed by atoms with E-state index in [9.17, 15) is 91.4 Å². The molecule has 0 aromatic rings. The molecular formula is C74H117N12O21P5S4. The SMILES string of the molecule is CC(=O)NC(O)CCSC1CC(=O)N(CC2CCC(C(=O)NP)CC2)C1=O.CNC(=O)CCSC1CC(=O)N(CC2CCC(C(=O)NP)CC2)C1=O.O=C(NP)C1CCC(CN2C(=O)C=CC2=O)CC1.O=C(NP)C1CCC(CN2C(=O)CC(SCCO)C2=O)CC1.O=C(O)CCSC1CC(=O)N(CC2CCC(C(=O)NP)CC2)C1=O. The average Bonchev–Trinajstić information content (AvgIpc) is 1.70. The van der Waals surface area contributed by atoms with Gasteiger partial charge in [0.25, 0.3) is 11.8 Å². The molecule has 0 spiro atoms. The third-order valence-corrected chi connectivity index (χ3v) is 29.0. The molecule has 0 aromatic carbocycles. The molecule has 0 radical (unpaired) electrons. The quantitative estimate of drug-likeness (QED) is 0.0270. The molecule has 10 atom stereocenters. The first kappa shape index (κ1) is 99.5. The lowest BCUT2D eigenvalue weighted by atomic mass is 9.81. The summed E-state index contributed by atoms with van der Waals surface area (Å²) >= 11 is 5.33. The average molecular weight is 1790 g/mol. The normalized spacial score (nSPS) is 27.4. The highest BCUT2D eigenvalue weighted by molar-refractivity contribution is 8.01. The van der Waals surface area contributed by atoms with Crippen molar-refractivity contribution < 1.29 is 102 Å². The van der Waals surface area contributed by atoms with Crippen LogP contribution in [0, 0.1) is 59.2 Å². The number of carboxylic acids is 1. The molecule has 5 saturated carbocycles. The van der Waals surface area contributed by atoms with Gasteiger partial charge in [0.05, 0.1) is 34.0 Å². The second-order valence-electron chi connectivity index (χ2n) is 30.7. The number of nitrogens with one attached hydrogen (secondary N) is 7. The number of amides is 17. The van der Waals surface area contributed by atoms with Crippen molar-refractivity contribution >= 4 is 200 Å². The minimum Gasteiger partial charge on any atom is -0.481 e. The molecule has 5 aliphatic carbocycles. The van der Waals surface area contributed by atoms with Crippen LogP contribution in [0.3, 0.4) is 0 Å². The van der Waals surface area contributed by atoms with E-state index in [1.165, 1.54) is 90.6 Å². The third kappa shape index (κ3) is 31.6. The number of likely N-dealkylation sites (tertiary alicyclic amines) is 4. The summed E-state index contributed by atoms with van der Waals surface area (Å²) in [5.41, 5.74) is 0. The summed E-state index contributed by atoms with van der Waals surface area (Å²) in [5, 5.41) is 43.4. The number of aliphatic hydroxyl groups excluding tert-OH is 2. The molecule has 10 unspecified atom stereocenters. The molecule has 10 N–H and O–H groups in total. The predicted molar refractivity (Wildman–Crippen MR) is 455 cm³/mol. The van der Waals surface area contributed by atoms with Gasteiger partial charge in [0.1, 0.15) is 6.23 Å². The number of aliphatic carboxylic acids is 1. The summed E-state index contributed by atoms with van der Waals surface area (Å²) in [4.78, 5) is 218. The standard InChI is InChI=1S/C17H28N3O5PS.C16H26N3O4PS.C15H23N2O5PS.C14H23N2O4PS.C12H17N2O3P/c1-10(21)18-14(22)6-7-27-13-8-15(23)20(17(13)25)9-11-2-4-12(5-3-11)16(24)19-26;1-17-13(20)6-7-25-12-8-14(21)19(16(12)23)9-10-2-4-11(5-3-10)15(22)18-24;18-12-7-11(24-6-5-13(19)20)15(22)17(12)8-9-1-3-10(4-2-9)14(21)16-23;17-5-6-22-11-7-12(18)16(14(11)20)8-9-1-3-10(4-2-9)13(19)15-21;15-10-5-6-11(16)14(10)7-8-1-3-9(4-2-8)12(17)13-18/h11-14,22H,2-9,26H2,1H3,(H,18,21)(H,19,24);10-12H,2-9,24H2,1H3,(H,17,20)(H,18,22);9-11H,1-8,23H2,(H,16,21)(H,19,20);9-11,17H,1-8,21H2,(H,15,19);5-6,8-9H,1-4,7,18H2,(H,13,17). The van der Waals surface area contributed by atoms with Crippen LogP contribution in [0.4, 0.5) is 0 Å². The number of carbonyl (C=O) groups excluding carboxylic acids is 17. The monoisotopic (exact) mass is 1790 g/mol. The van der Waals surface area contributed by atoms with E-state index in [-0.39, 0.29) is 197 Å². The summed E-state index contributed by atoms with van der Waals surface area (Å²) in [6.45, 7) is 3.61. The summed E-state index contributed by atoms with van der Waals surface area (Å²) in [5.74, 6) is 0.771. The fraction of sp³-hybridized carbons (Fsp3) is 0.730. The van der Waals surface area contributed by atoms with Gasteiger partial charge in [-0.2, -0.15) is 0 Å². The van der Waals surface area contributed by atoms with E-state index in [1.54, 1.807) is 7.05 Å². The van der Waals surface area contributed by atoms with Crippen molar-refractivity contribution in [2.24, 2.45) is 59.2 Å². The molecule has 5 heterocycles. The van der Waals surface area contributed by atoms with E-state index in [2.05, 4.69) is 83.0 Å². The molecule has 33 nitrogen and oxygen atoms in total. The van der Waals surface area contributed by atoms with Crippen LogP contribution in [0.1, 0.15) is 180 Å².